The fourth-order valence-electron chi connectivity index (χ4n) is 2.87. The molecule has 0 bridgehead atoms. The number of nitrogens with zero attached hydrogens (tertiary/aromatic N) is 6. The van der Waals surface area contributed by atoms with Crippen LogP contribution in [0, 0.1) is 11.8 Å². The molecule has 0 atom stereocenters. The van der Waals surface area contributed by atoms with Gasteiger partial charge in [0.25, 0.3) is 0 Å². The summed E-state index contributed by atoms with van der Waals surface area (Å²) in [6, 6.07) is 7.77. The molecule has 24 heavy (non-hydrogen) atoms. The molecule has 8 heteroatoms. The van der Waals surface area contributed by atoms with Gasteiger partial charge in [-0.1, -0.05) is 12.1 Å². The van der Waals surface area contributed by atoms with E-state index in [1.165, 1.54) is 24.5 Å². The van der Waals surface area contributed by atoms with Crippen LogP contribution in [0.4, 0.5) is 14.6 Å². The van der Waals surface area contributed by atoms with Gasteiger partial charge in [0.15, 0.2) is 5.82 Å². The summed E-state index contributed by atoms with van der Waals surface area (Å²) in [5, 5.41) is 8.44. The first-order chi connectivity index (χ1) is 11.7. The van der Waals surface area contributed by atoms with Crippen molar-refractivity contribution < 1.29 is 8.78 Å². The van der Waals surface area contributed by atoms with Crippen LogP contribution in [0.25, 0.3) is 0 Å². The summed E-state index contributed by atoms with van der Waals surface area (Å²) in [5.74, 6) is 1.29. The third kappa shape index (κ3) is 2.82. The number of hydrogen-bond donors (Lipinski definition) is 0. The van der Waals surface area contributed by atoms with Crippen LogP contribution in [0.2, 0.25) is 0 Å². The van der Waals surface area contributed by atoms with E-state index in [0.717, 1.165) is 17.2 Å². The largest absolute Gasteiger partial charge is 0.347 e. The van der Waals surface area contributed by atoms with Gasteiger partial charge in [0, 0.05) is 25.6 Å². The maximum Gasteiger partial charge on any atom is 0.218 e. The topological polar surface area (TPSA) is 59.7 Å². The number of rotatable bonds is 3. The monoisotopic (exact) mass is 328 g/mol. The summed E-state index contributed by atoms with van der Waals surface area (Å²) >= 11 is 0. The van der Waals surface area contributed by atoms with Crippen molar-refractivity contribution in [1.29, 1.82) is 0 Å². The van der Waals surface area contributed by atoms with E-state index in [9.17, 15) is 8.78 Å². The summed E-state index contributed by atoms with van der Waals surface area (Å²) in [4.78, 5) is 9.50. The Kier molecular flexibility index (Phi) is 3.64. The van der Waals surface area contributed by atoms with Crippen molar-refractivity contribution >= 4 is 5.82 Å². The fourth-order valence-corrected chi connectivity index (χ4v) is 2.87. The molecule has 0 amide bonds. The Morgan fingerprint density at radius 2 is 1.96 bits per heavy atom. The first-order valence-electron chi connectivity index (χ1n) is 7.57. The maximum absolute atomic E-state index is 13.3. The molecule has 0 fully saturated rings. The Morgan fingerprint density at radius 3 is 2.79 bits per heavy atom. The van der Waals surface area contributed by atoms with Gasteiger partial charge in [-0.25, -0.2) is 14.4 Å². The Labute approximate surface area is 136 Å². The highest BCUT2D eigenvalue weighted by atomic mass is 19.1. The van der Waals surface area contributed by atoms with E-state index in [2.05, 4.69) is 20.2 Å². The molecule has 0 spiro atoms. The molecule has 1 aliphatic rings. The molecule has 2 aromatic heterocycles. The molecule has 0 aliphatic carbocycles. The molecule has 3 heterocycles. The maximum atomic E-state index is 13.3. The second-order valence-electron chi connectivity index (χ2n) is 5.61. The second kappa shape index (κ2) is 5.95. The van der Waals surface area contributed by atoms with Crippen molar-refractivity contribution in [1.82, 2.24) is 24.7 Å². The van der Waals surface area contributed by atoms with Crippen LogP contribution < -0.4 is 4.90 Å². The number of anilines is 1. The smallest absolute Gasteiger partial charge is 0.218 e. The lowest BCUT2D eigenvalue weighted by molar-refractivity contribution is 0.535. The van der Waals surface area contributed by atoms with Gasteiger partial charge in [0.1, 0.15) is 23.8 Å². The van der Waals surface area contributed by atoms with Gasteiger partial charge < -0.3 is 9.47 Å². The Hall–Kier alpha value is -2.90. The standard InChI is InChI=1S/C16H14F2N6/c17-12-3-1-2-11(6-12)7-15-21-22-16-9-23(4-5-24(15)16)14-8-13(18)19-10-20-14/h1-3,6,8,10H,4-5,7,9H2. The SMILES string of the molecule is Fc1cccc(Cc2nnc3n2CCN(c2cc(F)ncn2)C3)c1. The van der Waals surface area contributed by atoms with Crippen molar-refractivity contribution in [3.8, 4) is 0 Å². The van der Waals surface area contributed by atoms with E-state index in [1.807, 2.05) is 15.5 Å². The molecule has 0 saturated carbocycles. The van der Waals surface area contributed by atoms with E-state index < -0.39 is 5.95 Å². The first-order valence-corrected chi connectivity index (χ1v) is 7.57. The normalized spacial score (nSPS) is 13.8. The highest BCUT2D eigenvalue weighted by Gasteiger charge is 2.22. The molecule has 0 saturated heterocycles. The average Bonchev–Trinajstić information content (AvgIpc) is 2.97. The number of fused-ring (bicyclic) bond motifs is 1. The van der Waals surface area contributed by atoms with E-state index in [0.29, 0.717) is 31.9 Å². The minimum absolute atomic E-state index is 0.261. The molecule has 0 N–H and O–H groups in total. The molecule has 122 valence electrons. The fraction of sp³-hybridized carbons (Fsp3) is 0.250. The van der Waals surface area contributed by atoms with Gasteiger partial charge in [-0.15, -0.1) is 10.2 Å². The van der Waals surface area contributed by atoms with Crippen LogP contribution in [-0.4, -0.2) is 31.3 Å². The van der Waals surface area contributed by atoms with Gasteiger partial charge in [-0.2, -0.15) is 4.39 Å². The van der Waals surface area contributed by atoms with Crippen LogP contribution in [0.3, 0.4) is 0 Å². The molecule has 1 aliphatic heterocycles. The number of aromatic nitrogens is 5. The lowest BCUT2D eigenvalue weighted by atomic mass is 10.1. The first kappa shape index (κ1) is 14.7. The molecule has 0 unspecified atom stereocenters. The Balaban J connectivity index is 1.55. The van der Waals surface area contributed by atoms with Gasteiger partial charge in [0.2, 0.25) is 5.95 Å². The molecular weight excluding hydrogens is 314 g/mol. The molecule has 0 radical (unpaired) electrons. The van der Waals surface area contributed by atoms with E-state index in [-0.39, 0.29) is 5.82 Å². The van der Waals surface area contributed by atoms with Gasteiger partial charge in [-0.3, -0.25) is 0 Å². The van der Waals surface area contributed by atoms with E-state index >= 15 is 0 Å². The lowest BCUT2D eigenvalue weighted by Gasteiger charge is -2.28. The van der Waals surface area contributed by atoms with Crippen LogP contribution >= 0.6 is 0 Å². The van der Waals surface area contributed by atoms with Crippen molar-refractivity contribution in [3.63, 3.8) is 0 Å². The summed E-state index contributed by atoms with van der Waals surface area (Å²) < 4.78 is 28.6. The third-order valence-electron chi connectivity index (χ3n) is 4.02. The highest BCUT2D eigenvalue weighted by Crippen LogP contribution is 2.20. The van der Waals surface area contributed by atoms with E-state index in [4.69, 9.17) is 0 Å². The zero-order valence-electron chi connectivity index (χ0n) is 12.7. The van der Waals surface area contributed by atoms with Crippen LogP contribution in [0.15, 0.2) is 36.7 Å². The van der Waals surface area contributed by atoms with Crippen LogP contribution in [-0.2, 0) is 19.5 Å². The predicted molar refractivity (Wildman–Crippen MR) is 82.3 cm³/mol. The molecule has 6 nitrogen and oxygen atoms in total. The zero-order valence-corrected chi connectivity index (χ0v) is 12.7. The van der Waals surface area contributed by atoms with Gasteiger partial charge in [0.05, 0.1) is 6.54 Å². The summed E-state index contributed by atoms with van der Waals surface area (Å²) in [7, 11) is 0. The zero-order chi connectivity index (χ0) is 16.5. The minimum Gasteiger partial charge on any atom is -0.347 e. The summed E-state index contributed by atoms with van der Waals surface area (Å²) in [5.41, 5.74) is 0.852. The molecule has 4 rings (SSSR count). The summed E-state index contributed by atoms with van der Waals surface area (Å²) in [6.07, 6.45) is 1.73. The van der Waals surface area contributed by atoms with Crippen LogP contribution in [0.5, 0.6) is 0 Å². The minimum atomic E-state index is -0.557. The predicted octanol–water partition coefficient (Wildman–Crippen LogP) is 1.96. The molecular formula is C16H14F2N6. The highest BCUT2D eigenvalue weighted by molar-refractivity contribution is 5.38. The quantitative estimate of drug-likeness (QED) is 0.688. The Bertz CT molecular complexity index is 879. The third-order valence-corrected chi connectivity index (χ3v) is 4.02. The van der Waals surface area contributed by atoms with Gasteiger partial charge >= 0.3 is 0 Å². The molecule has 1 aromatic carbocycles. The lowest BCUT2D eigenvalue weighted by Crippen LogP contribution is -2.35. The number of benzene rings is 1. The molecule has 3 aromatic rings. The van der Waals surface area contributed by atoms with Crippen LogP contribution in [0.1, 0.15) is 17.2 Å². The van der Waals surface area contributed by atoms with E-state index in [1.54, 1.807) is 6.07 Å². The van der Waals surface area contributed by atoms with Crippen molar-refractivity contribution in [2.45, 2.75) is 19.5 Å². The number of hydrogen-bond acceptors (Lipinski definition) is 5. The van der Waals surface area contributed by atoms with Gasteiger partial charge in [-0.05, 0) is 17.7 Å². The van der Waals surface area contributed by atoms with Crippen molar-refractivity contribution in [3.05, 3.63) is 65.6 Å². The van der Waals surface area contributed by atoms with Crippen molar-refractivity contribution in [2.24, 2.45) is 0 Å². The number of halogens is 2. The average molecular weight is 328 g/mol. The second-order valence-corrected chi connectivity index (χ2v) is 5.61. The van der Waals surface area contributed by atoms with Crippen molar-refractivity contribution in [2.75, 3.05) is 11.4 Å². The Morgan fingerprint density at radius 1 is 1.04 bits per heavy atom. The summed E-state index contributed by atoms with van der Waals surface area (Å²) in [6.45, 7) is 1.82.